The fourth-order valence-corrected chi connectivity index (χ4v) is 7.10. The van der Waals surface area contributed by atoms with Gasteiger partial charge in [-0.15, -0.1) is 0 Å². The van der Waals surface area contributed by atoms with Crippen molar-refractivity contribution in [3.8, 4) is 11.3 Å². The monoisotopic (exact) mass is 350 g/mol. The minimum Gasteiger partial charge on any atom is -0.393 e. The molecule has 0 saturated heterocycles. The Balaban J connectivity index is 1.33. The third kappa shape index (κ3) is 1.95. The number of hydrogen-bond donors (Lipinski definition) is 2. The zero-order valence-corrected chi connectivity index (χ0v) is 15.0. The summed E-state index contributed by atoms with van der Waals surface area (Å²) in [4.78, 5) is 4.35. The van der Waals surface area contributed by atoms with Gasteiger partial charge in [0.15, 0.2) is 0 Å². The van der Waals surface area contributed by atoms with Crippen molar-refractivity contribution in [1.29, 1.82) is 0 Å². The Labute approximate surface area is 153 Å². The zero-order chi connectivity index (χ0) is 17.5. The van der Waals surface area contributed by atoms with E-state index in [0.717, 1.165) is 25.7 Å². The van der Waals surface area contributed by atoms with Gasteiger partial charge in [0.1, 0.15) is 0 Å². The van der Waals surface area contributed by atoms with Crippen LogP contribution in [-0.2, 0) is 0 Å². The molecule has 7 rings (SSSR count). The Morgan fingerprint density at radius 2 is 1.92 bits per heavy atom. The number of hydrogen-bond acceptors (Lipinski definition) is 3. The third-order valence-electron chi connectivity index (χ3n) is 8.02. The number of rotatable bonds is 3. The van der Waals surface area contributed by atoms with Crippen LogP contribution in [0.2, 0.25) is 0 Å². The van der Waals surface area contributed by atoms with E-state index in [1.807, 2.05) is 12.5 Å². The summed E-state index contributed by atoms with van der Waals surface area (Å²) >= 11 is 0. The van der Waals surface area contributed by atoms with Crippen molar-refractivity contribution in [2.75, 3.05) is 0 Å². The number of imidazole rings is 1. The second kappa shape index (κ2) is 5.20. The minimum absolute atomic E-state index is 0.0218. The van der Waals surface area contributed by atoms with Gasteiger partial charge in [0, 0.05) is 5.56 Å². The maximum absolute atomic E-state index is 11.4. The second-order valence-electron chi connectivity index (χ2n) is 9.36. The quantitative estimate of drug-likeness (QED) is 0.892. The van der Waals surface area contributed by atoms with Crippen LogP contribution in [0.15, 0.2) is 36.8 Å². The van der Waals surface area contributed by atoms with Crippen LogP contribution < -0.4 is 0 Å². The van der Waals surface area contributed by atoms with Crippen molar-refractivity contribution in [3.05, 3.63) is 42.4 Å². The Morgan fingerprint density at radius 1 is 1.15 bits per heavy atom. The predicted molar refractivity (Wildman–Crippen MR) is 98.4 cm³/mol. The highest BCUT2D eigenvalue weighted by atomic mass is 16.3. The molecule has 1 aromatic heterocycles. The van der Waals surface area contributed by atoms with Crippen molar-refractivity contribution in [1.82, 2.24) is 9.55 Å². The summed E-state index contributed by atoms with van der Waals surface area (Å²) in [6.07, 6.45) is 9.67. The fourth-order valence-electron chi connectivity index (χ4n) is 7.10. The summed E-state index contributed by atoms with van der Waals surface area (Å²) in [5, 5.41) is 22.0. The average Bonchev–Trinajstić information content (AvgIpc) is 3.22. The largest absolute Gasteiger partial charge is 0.393 e. The van der Waals surface area contributed by atoms with E-state index in [9.17, 15) is 10.2 Å². The van der Waals surface area contributed by atoms with Gasteiger partial charge in [0.05, 0.1) is 36.5 Å². The van der Waals surface area contributed by atoms with Crippen molar-refractivity contribution < 1.29 is 10.2 Å². The molecule has 5 aliphatic rings. The first-order chi connectivity index (χ1) is 12.6. The van der Waals surface area contributed by atoms with Gasteiger partial charge in [-0.25, -0.2) is 4.98 Å². The number of aliphatic hydroxyl groups excluding tert-OH is 2. The van der Waals surface area contributed by atoms with Crippen LogP contribution in [0.4, 0.5) is 0 Å². The van der Waals surface area contributed by atoms with Crippen LogP contribution in [0.5, 0.6) is 0 Å². The lowest BCUT2D eigenvalue weighted by Gasteiger charge is -2.60. The van der Waals surface area contributed by atoms with Crippen LogP contribution in [-0.4, -0.2) is 32.0 Å². The van der Waals surface area contributed by atoms with Gasteiger partial charge in [0.25, 0.3) is 0 Å². The molecule has 2 aromatic rings. The lowest BCUT2D eigenvalue weighted by atomic mass is 9.47. The Bertz CT molecular complexity index is 843. The maximum atomic E-state index is 11.4. The zero-order valence-electron chi connectivity index (χ0n) is 15.0. The number of nitrogens with zero attached hydrogens (tertiary/aromatic N) is 2. The van der Waals surface area contributed by atoms with Crippen LogP contribution >= 0.6 is 0 Å². The van der Waals surface area contributed by atoms with Gasteiger partial charge < -0.3 is 14.8 Å². The molecule has 0 amide bonds. The molecule has 4 saturated carbocycles. The molecule has 136 valence electrons. The summed E-state index contributed by atoms with van der Waals surface area (Å²) in [5.74, 6) is 1.54. The van der Waals surface area contributed by atoms with Gasteiger partial charge >= 0.3 is 0 Å². The molecule has 4 unspecified atom stereocenters. The van der Waals surface area contributed by atoms with Crippen molar-refractivity contribution in [3.63, 3.8) is 0 Å². The SMILES string of the molecule is OC1C2CC3CC1CC(C(O)CC1c4ccccc4-c4cncn41)(C3)C2. The number of aliphatic hydroxyl groups is 2. The summed E-state index contributed by atoms with van der Waals surface area (Å²) in [6, 6.07) is 8.71. The fraction of sp³-hybridized carbons (Fsp3) is 0.591. The lowest BCUT2D eigenvalue weighted by molar-refractivity contribution is -0.173. The number of aromatic nitrogens is 2. The molecule has 4 bridgehead atoms. The highest BCUT2D eigenvalue weighted by Crippen LogP contribution is 2.62. The minimum atomic E-state index is -0.311. The van der Waals surface area contributed by atoms with E-state index in [2.05, 4.69) is 33.8 Å². The van der Waals surface area contributed by atoms with E-state index in [4.69, 9.17) is 0 Å². The smallest absolute Gasteiger partial charge is 0.0956 e. The summed E-state index contributed by atoms with van der Waals surface area (Å²) in [6.45, 7) is 0. The van der Waals surface area contributed by atoms with Gasteiger partial charge in [-0.3, -0.25) is 0 Å². The average molecular weight is 350 g/mol. The van der Waals surface area contributed by atoms with E-state index in [0.29, 0.717) is 17.8 Å². The molecule has 26 heavy (non-hydrogen) atoms. The van der Waals surface area contributed by atoms with Gasteiger partial charge in [-0.05, 0) is 67.3 Å². The molecular weight excluding hydrogens is 324 g/mol. The second-order valence-corrected chi connectivity index (χ2v) is 9.36. The predicted octanol–water partition coefficient (Wildman–Crippen LogP) is 3.39. The van der Waals surface area contributed by atoms with E-state index in [-0.39, 0.29) is 23.7 Å². The van der Waals surface area contributed by atoms with Crippen LogP contribution in [0.1, 0.15) is 50.1 Å². The molecule has 2 N–H and O–H groups in total. The highest BCUT2D eigenvalue weighted by Gasteiger charge is 2.57. The van der Waals surface area contributed by atoms with E-state index in [1.165, 1.54) is 29.7 Å². The van der Waals surface area contributed by atoms with Crippen molar-refractivity contribution in [2.24, 2.45) is 23.2 Å². The van der Waals surface area contributed by atoms with Gasteiger partial charge in [-0.1, -0.05) is 24.3 Å². The molecule has 0 radical (unpaired) electrons. The van der Waals surface area contributed by atoms with Gasteiger partial charge in [-0.2, -0.15) is 0 Å². The van der Waals surface area contributed by atoms with Crippen molar-refractivity contribution >= 4 is 0 Å². The lowest BCUT2D eigenvalue weighted by Crippen LogP contribution is -2.57. The van der Waals surface area contributed by atoms with Gasteiger partial charge in [0.2, 0.25) is 0 Å². The summed E-state index contributed by atoms with van der Waals surface area (Å²) in [7, 11) is 0. The van der Waals surface area contributed by atoms with E-state index < -0.39 is 0 Å². The topological polar surface area (TPSA) is 58.3 Å². The van der Waals surface area contributed by atoms with Crippen molar-refractivity contribution in [2.45, 2.75) is 56.8 Å². The highest BCUT2D eigenvalue weighted by molar-refractivity contribution is 5.68. The molecule has 4 heteroatoms. The van der Waals surface area contributed by atoms with E-state index >= 15 is 0 Å². The maximum Gasteiger partial charge on any atom is 0.0956 e. The first-order valence-electron chi connectivity index (χ1n) is 10.1. The molecule has 1 aliphatic heterocycles. The summed E-state index contributed by atoms with van der Waals surface area (Å²) < 4.78 is 2.24. The summed E-state index contributed by atoms with van der Waals surface area (Å²) in [5.41, 5.74) is 3.75. The number of fused-ring (bicyclic) bond motifs is 3. The Hall–Kier alpha value is -1.65. The first kappa shape index (κ1) is 15.4. The van der Waals surface area contributed by atoms with Crippen LogP contribution in [0.3, 0.4) is 0 Å². The molecule has 4 atom stereocenters. The Morgan fingerprint density at radius 3 is 2.73 bits per heavy atom. The molecule has 1 aromatic carbocycles. The molecule has 4 aliphatic carbocycles. The third-order valence-corrected chi connectivity index (χ3v) is 8.02. The van der Waals surface area contributed by atoms with Crippen LogP contribution in [0.25, 0.3) is 11.3 Å². The molecule has 4 nitrogen and oxygen atoms in total. The van der Waals surface area contributed by atoms with Crippen LogP contribution in [0, 0.1) is 23.2 Å². The molecule has 0 spiro atoms. The first-order valence-corrected chi connectivity index (χ1v) is 10.1. The molecule has 4 fully saturated rings. The standard InChI is InChI=1S/C22H26N2O2/c25-20(22-8-13-5-14(9-22)21(26)15(6-13)10-22)7-18-16-3-1-2-4-17(16)19-11-23-12-24(18)19/h1-4,11-15,18,20-21,25-26H,5-10H2. The van der Waals surface area contributed by atoms with E-state index in [1.54, 1.807) is 0 Å². The normalized spacial score (nSPS) is 40.5. The molecular formula is C22H26N2O2. The number of benzene rings is 1. The molecule has 2 heterocycles. The Kier molecular flexibility index (Phi) is 3.08.